The zero-order valence-electron chi connectivity index (χ0n) is 9.64. The van der Waals surface area contributed by atoms with E-state index in [9.17, 15) is 9.18 Å². The third-order valence-electron chi connectivity index (χ3n) is 2.96. The highest BCUT2D eigenvalue weighted by Crippen LogP contribution is 2.19. The maximum absolute atomic E-state index is 12.7. The van der Waals surface area contributed by atoms with Crippen molar-refractivity contribution in [3.63, 3.8) is 0 Å². The number of carbonyl (C=O) groups excluding carboxylic acids is 1. The van der Waals surface area contributed by atoms with Crippen LogP contribution in [-0.4, -0.2) is 30.4 Å². The average molecular weight is 237 g/mol. The van der Waals surface area contributed by atoms with E-state index in [-0.39, 0.29) is 5.97 Å². The minimum Gasteiger partial charge on any atom is -0.443 e. The lowest BCUT2D eigenvalue weighted by molar-refractivity contribution is -0.0656. The van der Waals surface area contributed by atoms with Crippen LogP contribution in [0.1, 0.15) is 29.6 Å². The average Bonchev–Trinajstić information content (AvgIpc) is 2.40. The van der Waals surface area contributed by atoms with Gasteiger partial charge in [0.2, 0.25) is 0 Å². The van der Waals surface area contributed by atoms with E-state index in [1.165, 1.54) is 0 Å². The van der Waals surface area contributed by atoms with Gasteiger partial charge in [0.05, 0.1) is 5.56 Å². The van der Waals surface area contributed by atoms with Gasteiger partial charge in [-0.25, -0.2) is 14.1 Å². The van der Waals surface area contributed by atoms with Gasteiger partial charge in [0.25, 0.3) is 0 Å². The molecule has 1 aliphatic heterocycles. The van der Waals surface area contributed by atoms with Crippen LogP contribution < -0.4 is 0 Å². The number of nitrogens with zero attached hydrogens (tertiary/aromatic N) is 1. The number of ether oxygens (including phenoxy) is 1. The van der Waals surface area contributed by atoms with E-state index in [4.69, 9.17) is 4.74 Å². The fraction of sp³-hybridized carbons (Fsp3) is 0.462. The van der Waals surface area contributed by atoms with Gasteiger partial charge in [-0.1, -0.05) is 18.2 Å². The fourth-order valence-corrected chi connectivity index (χ4v) is 2.00. The Kier molecular flexibility index (Phi) is 4.09. The van der Waals surface area contributed by atoms with Gasteiger partial charge in [0.15, 0.2) is 6.23 Å². The summed E-state index contributed by atoms with van der Waals surface area (Å²) in [6, 6.07) is 8.80. The second-order valence-corrected chi connectivity index (χ2v) is 4.15. The number of alkyl halides is 1. The number of likely N-dealkylation sites (tertiary alicyclic amines) is 1. The third kappa shape index (κ3) is 3.03. The van der Waals surface area contributed by atoms with E-state index in [1.54, 1.807) is 29.2 Å². The highest BCUT2D eigenvalue weighted by atomic mass is 19.1. The zero-order chi connectivity index (χ0) is 12.1. The van der Waals surface area contributed by atoms with Crippen molar-refractivity contribution in [3.8, 4) is 0 Å². The van der Waals surface area contributed by atoms with Crippen molar-refractivity contribution in [1.29, 1.82) is 0 Å². The Labute approximate surface area is 100 Å². The zero-order valence-corrected chi connectivity index (χ0v) is 9.64. The monoisotopic (exact) mass is 237 g/mol. The van der Waals surface area contributed by atoms with E-state index >= 15 is 0 Å². The van der Waals surface area contributed by atoms with Gasteiger partial charge in [0, 0.05) is 6.54 Å². The van der Waals surface area contributed by atoms with Crippen LogP contribution in [0.3, 0.4) is 0 Å². The molecule has 2 rings (SSSR count). The van der Waals surface area contributed by atoms with Crippen LogP contribution in [0.25, 0.3) is 0 Å². The van der Waals surface area contributed by atoms with Crippen LogP contribution in [0, 0.1) is 0 Å². The Morgan fingerprint density at radius 2 is 2.12 bits per heavy atom. The fourth-order valence-electron chi connectivity index (χ4n) is 2.00. The summed E-state index contributed by atoms with van der Waals surface area (Å²) < 4.78 is 18.0. The van der Waals surface area contributed by atoms with Crippen molar-refractivity contribution in [2.75, 3.05) is 13.3 Å². The molecule has 17 heavy (non-hydrogen) atoms. The first-order chi connectivity index (χ1) is 8.31. The second kappa shape index (κ2) is 5.77. The summed E-state index contributed by atoms with van der Waals surface area (Å²) >= 11 is 0. The number of hydrogen-bond donors (Lipinski definition) is 0. The molecule has 1 saturated heterocycles. The molecule has 0 amide bonds. The molecule has 0 aromatic heterocycles. The molecule has 0 aliphatic carbocycles. The van der Waals surface area contributed by atoms with Crippen LogP contribution in [0.2, 0.25) is 0 Å². The molecule has 1 heterocycles. The van der Waals surface area contributed by atoms with Crippen molar-refractivity contribution in [1.82, 2.24) is 4.90 Å². The predicted molar refractivity (Wildman–Crippen MR) is 62.2 cm³/mol. The number of benzene rings is 1. The molecule has 1 aromatic carbocycles. The van der Waals surface area contributed by atoms with Crippen molar-refractivity contribution in [2.24, 2.45) is 0 Å². The van der Waals surface area contributed by atoms with Crippen LogP contribution in [-0.2, 0) is 4.74 Å². The van der Waals surface area contributed by atoms with Gasteiger partial charge in [-0.3, -0.25) is 0 Å². The van der Waals surface area contributed by atoms with Crippen LogP contribution in [0.4, 0.5) is 4.39 Å². The van der Waals surface area contributed by atoms with Crippen molar-refractivity contribution < 1.29 is 13.9 Å². The Hall–Kier alpha value is -1.42. The Morgan fingerprint density at radius 1 is 1.35 bits per heavy atom. The van der Waals surface area contributed by atoms with E-state index < -0.39 is 13.0 Å². The van der Waals surface area contributed by atoms with Gasteiger partial charge < -0.3 is 4.74 Å². The minimum absolute atomic E-state index is 0.379. The Bertz CT molecular complexity index is 369. The number of halogens is 1. The number of piperidine rings is 1. The molecule has 3 nitrogen and oxygen atoms in total. The molecule has 1 aromatic rings. The smallest absolute Gasteiger partial charge is 0.339 e. The van der Waals surface area contributed by atoms with E-state index in [1.807, 2.05) is 6.07 Å². The number of hydrogen-bond acceptors (Lipinski definition) is 3. The van der Waals surface area contributed by atoms with Crippen molar-refractivity contribution in [3.05, 3.63) is 35.9 Å². The van der Waals surface area contributed by atoms with Gasteiger partial charge in [-0.2, -0.15) is 0 Å². The van der Waals surface area contributed by atoms with Crippen LogP contribution in [0.15, 0.2) is 30.3 Å². The topological polar surface area (TPSA) is 29.5 Å². The summed E-state index contributed by atoms with van der Waals surface area (Å²) in [5.74, 6) is -0.379. The second-order valence-electron chi connectivity index (χ2n) is 4.15. The quantitative estimate of drug-likeness (QED) is 0.597. The molecule has 1 aliphatic rings. The standard InChI is InChI=1S/C13H16FNO2/c14-10-15-9-5-4-8-12(15)17-13(16)11-6-2-1-3-7-11/h1-3,6-7,12H,4-5,8-10H2. The molecular formula is C13H16FNO2. The third-order valence-corrected chi connectivity index (χ3v) is 2.96. The number of esters is 1. The van der Waals surface area contributed by atoms with E-state index in [0.717, 1.165) is 12.8 Å². The van der Waals surface area contributed by atoms with E-state index in [0.29, 0.717) is 18.5 Å². The lowest BCUT2D eigenvalue weighted by Crippen LogP contribution is -2.41. The molecule has 92 valence electrons. The first-order valence-electron chi connectivity index (χ1n) is 5.87. The molecule has 1 atom stereocenters. The number of rotatable bonds is 3. The van der Waals surface area contributed by atoms with Crippen LogP contribution in [0.5, 0.6) is 0 Å². The lowest BCUT2D eigenvalue weighted by Gasteiger charge is -2.32. The molecule has 0 N–H and O–H groups in total. The SMILES string of the molecule is O=C(OC1CCCCN1CF)c1ccccc1. The van der Waals surface area contributed by atoms with Crippen molar-refractivity contribution in [2.45, 2.75) is 25.5 Å². The molecule has 4 heteroatoms. The maximum atomic E-state index is 12.7. The summed E-state index contributed by atoms with van der Waals surface area (Å²) in [6.07, 6.45) is 2.23. The van der Waals surface area contributed by atoms with Gasteiger partial charge in [-0.05, 0) is 31.4 Å². The molecular weight excluding hydrogens is 221 g/mol. The summed E-state index contributed by atoms with van der Waals surface area (Å²) in [5, 5.41) is 0. The van der Waals surface area contributed by atoms with E-state index in [2.05, 4.69) is 0 Å². The highest BCUT2D eigenvalue weighted by Gasteiger charge is 2.25. The maximum Gasteiger partial charge on any atom is 0.339 e. The Balaban J connectivity index is 1.98. The summed E-state index contributed by atoms with van der Waals surface area (Å²) in [7, 11) is 0. The van der Waals surface area contributed by atoms with Gasteiger partial charge >= 0.3 is 5.97 Å². The highest BCUT2D eigenvalue weighted by molar-refractivity contribution is 5.89. The largest absolute Gasteiger partial charge is 0.443 e. The first-order valence-corrected chi connectivity index (χ1v) is 5.87. The summed E-state index contributed by atoms with van der Waals surface area (Å²) in [6.45, 7) is 0.0932. The minimum atomic E-state index is -0.563. The number of carbonyl (C=O) groups is 1. The molecule has 0 saturated carbocycles. The molecule has 0 bridgehead atoms. The first kappa shape index (κ1) is 12.0. The van der Waals surface area contributed by atoms with Gasteiger partial charge in [0.1, 0.15) is 6.80 Å². The normalized spacial score (nSPS) is 21.1. The predicted octanol–water partition coefficient (Wildman–Crippen LogP) is 2.58. The molecule has 1 unspecified atom stereocenters. The van der Waals surface area contributed by atoms with Crippen molar-refractivity contribution >= 4 is 5.97 Å². The molecule has 1 fully saturated rings. The van der Waals surface area contributed by atoms with Gasteiger partial charge in [-0.15, -0.1) is 0 Å². The molecule has 0 spiro atoms. The lowest BCUT2D eigenvalue weighted by atomic mass is 10.1. The summed E-state index contributed by atoms with van der Waals surface area (Å²) in [4.78, 5) is 13.4. The molecule has 0 radical (unpaired) electrons. The van der Waals surface area contributed by atoms with Crippen LogP contribution >= 0.6 is 0 Å². The summed E-state index contributed by atoms with van der Waals surface area (Å²) in [5.41, 5.74) is 0.511. The Morgan fingerprint density at radius 3 is 2.82 bits per heavy atom.